The van der Waals surface area contributed by atoms with Gasteiger partial charge in [-0.1, -0.05) is 29.8 Å². The van der Waals surface area contributed by atoms with E-state index in [2.05, 4.69) is 36.1 Å². The molecule has 0 radical (unpaired) electrons. The topological polar surface area (TPSA) is 12.5 Å². The van der Waals surface area contributed by atoms with E-state index in [1.807, 2.05) is 0 Å². The van der Waals surface area contributed by atoms with Crippen molar-refractivity contribution in [1.29, 1.82) is 0 Å². The number of nitrogens with zero attached hydrogens (tertiary/aromatic N) is 1. The molecule has 0 spiro atoms. The van der Waals surface area contributed by atoms with E-state index in [0.717, 1.165) is 32.8 Å². The quantitative estimate of drug-likeness (QED) is 0.769. The molecule has 1 heterocycles. The van der Waals surface area contributed by atoms with E-state index in [-0.39, 0.29) is 12.4 Å². The van der Waals surface area contributed by atoms with E-state index in [0.29, 0.717) is 0 Å². The zero-order valence-electron chi connectivity index (χ0n) is 9.11. The largest absolute Gasteiger partial charge is 0.379 e. The second-order valence-electron chi connectivity index (χ2n) is 3.87. The second kappa shape index (κ2) is 6.11. The Morgan fingerprint density at radius 3 is 2.33 bits per heavy atom. The van der Waals surface area contributed by atoms with Crippen molar-refractivity contribution in [1.82, 2.24) is 4.90 Å². The van der Waals surface area contributed by atoms with Crippen LogP contribution in [0.15, 0.2) is 24.3 Å². The predicted molar refractivity (Wildman–Crippen MR) is 64.5 cm³/mol. The Hall–Kier alpha value is -0.570. The first-order valence-electron chi connectivity index (χ1n) is 5.20. The van der Waals surface area contributed by atoms with Gasteiger partial charge in [0, 0.05) is 19.6 Å². The molecule has 0 saturated carbocycles. The highest BCUT2D eigenvalue weighted by molar-refractivity contribution is 5.85. The number of aryl methyl sites for hydroxylation is 1. The molecule has 15 heavy (non-hydrogen) atoms. The van der Waals surface area contributed by atoms with Gasteiger partial charge in [-0.05, 0) is 12.5 Å². The molecule has 0 atom stereocenters. The second-order valence-corrected chi connectivity index (χ2v) is 3.87. The van der Waals surface area contributed by atoms with Crippen LogP contribution in [0.1, 0.15) is 11.1 Å². The summed E-state index contributed by atoms with van der Waals surface area (Å²) in [5.74, 6) is 0. The van der Waals surface area contributed by atoms with E-state index in [1.54, 1.807) is 0 Å². The normalized spacial score (nSPS) is 17.1. The molecule has 0 unspecified atom stereocenters. The molecule has 0 N–H and O–H groups in total. The summed E-state index contributed by atoms with van der Waals surface area (Å²) in [5.41, 5.74) is 2.73. The molecular formula is C12H18ClNO. The third-order valence-electron chi connectivity index (χ3n) is 2.63. The van der Waals surface area contributed by atoms with Crippen molar-refractivity contribution in [2.75, 3.05) is 26.3 Å². The molecule has 1 aliphatic heterocycles. The molecule has 3 heteroatoms. The summed E-state index contributed by atoms with van der Waals surface area (Å²) in [6.07, 6.45) is 0. The van der Waals surface area contributed by atoms with Gasteiger partial charge >= 0.3 is 0 Å². The van der Waals surface area contributed by atoms with Crippen molar-refractivity contribution in [3.05, 3.63) is 35.4 Å². The summed E-state index contributed by atoms with van der Waals surface area (Å²) >= 11 is 0. The fourth-order valence-corrected chi connectivity index (χ4v) is 1.71. The van der Waals surface area contributed by atoms with Crippen LogP contribution in [-0.4, -0.2) is 31.2 Å². The molecule has 84 valence electrons. The molecule has 0 bridgehead atoms. The first-order chi connectivity index (χ1) is 6.84. The highest BCUT2D eigenvalue weighted by Gasteiger charge is 2.09. The Morgan fingerprint density at radius 1 is 1.13 bits per heavy atom. The minimum Gasteiger partial charge on any atom is -0.379 e. The summed E-state index contributed by atoms with van der Waals surface area (Å²) in [7, 11) is 0. The summed E-state index contributed by atoms with van der Waals surface area (Å²) in [6, 6.07) is 8.78. The van der Waals surface area contributed by atoms with Crippen LogP contribution in [0.25, 0.3) is 0 Å². The predicted octanol–water partition coefficient (Wildman–Crippen LogP) is 2.25. The molecule has 0 aromatic heterocycles. The zero-order chi connectivity index (χ0) is 9.80. The molecule has 1 aromatic carbocycles. The smallest absolute Gasteiger partial charge is 0.0594 e. The highest BCUT2D eigenvalue weighted by Crippen LogP contribution is 2.08. The van der Waals surface area contributed by atoms with Crippen molar-refractivity contribution >= 4 is 12.4 Å². The van der Waals surface area contributed by atoms with E-state index in [4.69, 9.17) is 4.74 Å². The number of benzene rings is 1. The van der Waals surface area contributed by atoms with Gasteiger partial charge in [0.1, 0.15) is 0 Å². The van der Waals surface area contributed by atoms with E-state index >= 15 is 0 Å². The number of ether oxygens (including phenoxy) is 1. The standard InChI is InChI=1S/C12H17NO.ClH/c1-11-2-4-12(5-3-11)10-13-6-8-14-9-7-13;/h2-5H,6-10H2,1H3;1H. The van der Waals surface area contributed by atoms with Gasteiger partial charge in [-0.25, -0.2) is 0 Å². The van der Waals surface area contributed by atoms with Gasteiger partial charge in [0.2, 0.25) is 0 Å². The van der Waals surface area contributed by atoms with Crippen LogP contribution in [0.4, 0.5) is 0 Å². The van der Waals surface area contributed by atoms with Gasteiger partial charge in [-0.15, -0.1) is 12.4 Å². The van der Waals surface area contributed by atoms with Gasteiger partial charge < -0.3 is 4.74 Å². The van der Waals surface area contributed by atoms with Crippen LogP contribution in [0.2, 0.25) is 0 Å². The number of rotatable bonds is 2. The molecule has 2 nitrogen and oxygen atoms in total. The third-order valence-corrected chi connectivity index (χ3v) is 2.63. The Morgan fingerprint density at radius 2 is 1.73 bits per heavy atom. The van der Waals surface area contributed by atoms with Gasteiger partial charge in [-0.3, -0.25) is 4.90 Å². The molecule has 1 fully saturated rings. The van der Waals surface area contributed by atoms with Crippen molar-refractivity contribution in [3.63, 3.8) is 0 Å². The van der Waals surface area contributed by atoms with Gasteiger partial charge in [0.25, 0.3) is 0 Å². The molecule has 2 rings (SSSR count). The molecule has 1 aromatic rings. The van der Waals surface area contributed by atoms with Crippen LogP contribution in [0.3, 0.4) is 0 Å². The van der Waals surface area contributed by atoms with Crippen LogP contribution >= 0.6 is 12.4 Å². The van der Waals surface area contributed by atoms with Crippen molar-refractivity contribution < 1.29 is 4.74 Å². The van der Waals surface area contributed by atoms with Crippen molar-refractivity contribution in [2.24, 2.45) is 0 Å². The lowest BCUT2D eigenvalue weighted by Crippen LogP contribution is -2.35. The van der Waals surface area contributed by atoms with E-state index < -0.39 is 0 Å². The molecule has 0 aliphatic carbocycles. The van der Waals surface area contributed by atoms with Crippen LogP contribution in [-0.2, 0) is 11.3 Å². The zero-order valence-corrected chi connectivity index (χ0v) is 9.93. The molecular weight excluding hydrogens is 210 g/mol. The Labute approximate surface area is 97.6 Å². The van der Waals surface area contributed by atoms with Gasteiger partial charge in [0.05, 0.1) is 13.2 Å². The number of halogens is 1. The average molecular weight is 228 g/mol. The molecule has 1 saturated heterocycles. The maximum absolute atomic E-state index is 5.31. The van der Waals surface area contributed by atoms with E-state index in [1.165, 1.54) is 11.1 Å². The van der Waals surface area contributed by atoms with Crippen LogP contribution in [0, 0.1) is 6.92 Å². The number of hydrogen-bond donors (Lipinski definition) is 0. The Kier molecular flexibility index (Phi) is 5.09. The lowest BCUT2D eigenvalue weighted by atomic mass is 10.1. The average Bonchev–Trinajstić information content (AvgIpc) is 2.23. The Balaban J connectivity index is 0.00000112. The summed E-state index contributed by atoms with van der Waals surface area (Å²) in [6.45, 7) is 7.07. The minimum atomic E-state index is 0. The highest BCUT2D eigenvalue weighted by atomic mass is 35.5. The van der Waals surface area contributed by atoms with E-state index in [9.17, 15) is 0 Å². The third kappa shape index (κ3) is 3.82. The first kappa shape index (κ1) is 12.5. The lowest BCUT2D eigenvalue weighted by molar-refractivity contribution is 0.0342. The summed E-state index contributed by atoms with van der Waals surface area (Å²) in [5, 5.41) is 0. The Bertz CT molecular complexity index is 280. The monoisotopic (exact) mass is 227 g/mol. The summed E-state index contributed by atoms with van der Waals surface area (Å²) in [4.78, 5) is 2.44. The lowest BCUT2D eigenvalue weighted by Gasteiger charge is -2.26. The SMILES string of the molecule is Cc1ccc(CN2CCOCC2)cc1.Cl. The van der Waals surface area contributed by atoms with Crippen LogP contribution < -0.4 is 0 Å². The number of hydrogen-bond acceptors (Lipinski definition) is 2. The minimum absolute atomic E-state index is 0. The fraction of sp³-hybridized carbons (Fsp3) is 0.500. The van der Waals surface area contributed by atoms with Crippen molar-refractivity contribution in [2.45, 2.75) is 13.5 Å². The fourth-order valence-electron chi connectivity index (χ4n) is 1.71. The molecule has 1 aliphatic rings. The summed E-state index contributed by atoms with van der Waals surface area (Å²) < 4.78 is 5.31. The van der Waals surface area contributed by atoms with Gasteiger partial charge in [-0.2, -0.15) is 0 Å². The first-order valence-corrected chi connectivity index (χ1v) is 5.20. The van der Waals surface area contributed by atoms with Crippen LogP contribution in [0.5, 0.6) is 0 Å². The van der Waals surface area contributed by atoms with Crippen molar-refractivity contribution in [3.8, 4) is 0 Å². The molecule has 0 amide bonds. The maximum Gasteiger partial charge on any atom is 0.0594 e. The number of morpholine rings is 1. The maximum atomic E-state index is 5.31. The van der Waals surface area contributed by atoms with Gasteiger partial charge in [0.15, 0.2) is 0 Å².